The van der Waals surface area contributed by atoms with E-state index in [1.54, 1.807) is 18.3 Å². The van der Waals surface area contributed by atoms with Crippen LogP contribution in [0.1, 0.15) is 38.1 Å². The predicted octanol–water partition coefficient (Wildman–Crippen LogP) is 3.89. The number of halogens is 3. The highest BCUT2D eigenvalue weighted by Gasteiger charge is 2.43. The van der Waals surface area contributed by atoms with Gasteiger partial charge in [-0.05, 0) is 51.0 Å². The van der Waals surface area contributed by atoms with Crippen molar-refractivity contribution >= 4 is 17.6 Å². The second-order valence-corrected chi connectivity index (χ2v) is 7.60. The van der Waals surface area contributed by atoms with Gasteiger partial charge in [0.25, 0.3) is 0 Å². The number of aromatic nitrogens is 5. The first-order valence-electron chi connectivity index (χ1n) is 9.66. The number of nitrogens with one attached hydrogen (secondary N) is 2. The van der Waals surface area contributed by atoms with Crippen LogP contribution in [0.5, 0.6) is 0 Å². The van der Waals surface area contributed by atoms with Gasteiger partial charge in [0.1, 0.15) is 17.0 Å². The molecule has 1 aliphatic carbocycles. The summed E-state index contributed by atoms with van der Waals surface area (Å²) in [7, 11) is 0. The molecule has 3 aromatic heterocycles. The second-order valence-electron chi connectivity index (χ2n) is 7.60. The zero-order valence-electron chi connectivity index (χ0n) is 16.8. The van der Waals surface area contributed by atoms with Crippen LogP contribution >= 0.6 is 0 Å². The third-order valence-electron chi connectivity index (χ3n) is 4.54. The van der Waals surface area contributed by atoms with E-state index in [0.717, 1.165) is 6.07 Å². The van der Waals surface area contributed by atoms with E-state index in [-0.39, 0.29) is 29.5 Å². The molecule has 0 unspecified atom stereocenters. The van der Waals surface area contributed by atoms with Gasteiger partial charge < -0.3 is 15.7 Å². The Hall–Kier alpha value is -3.34. The quantitative estimate of drug-likeness (QED) is 0.539. The first kappa shape index (κ1) is 20.9. The summed E-state index contributed by atoms with van der Waals surface area (Å²) < 4.78 is 39.2. The van der Waals surface area contributed by atoms with Crippen molar-refractivity contribution in [2.24, 2.45) is 0 Å². The zero-order chi connectivity index (χ0) is 22.2. The fraction of sp³-hybridized carbons (Fsp3) is 0.350. The SMILES string of the molecule is CC(C)Nc1nc(Nc2ccnc(C3(O)CC3)c2)nc(-c2cccc(C(F)(F)F)n2)n1. The molecule has 0 amide bonds. The molecule has 3 aromatic rings. The molecular weight excluding hydrogens is 411 g/mol. The minimum Gasteiger partial charge on any atom is -0.384 e. The Bertz CT molecular complexity index is 1100. The second kappa shape index (κ2) is 7.73. The lowest BCUT2D eigenvalue weighted by atomic mass is 10.2. The van der Waals surface area contributed by atoms with Crippen LogP contribution in [0, 0.1) is 0 Å². The molecule has 1 aliphatic rings. The Morgan fingerprint density at radius 1 is 1.03 bits per heavy atom. The predicted molar refractivity (Wildman–Crippen MR) is 107 cm³/mol. The molecule has 0 aromatic carbocycles. The summed E-state index contributed by atoms with van der Waals surface area (Å²) in [6.45, 7) is 3.76. The van der Waals surface area contributed by atoms with Crippen molar-refractivity contribution in [2.45, 2.75) is 44.5 Å². The van der Waals surface area contributed by atoms with E-state index in [4.69, 9.17) is 0 Å². The van der Waals surface area contributed by atoms with Crippen LogP contribution in [-0.4, -0.2) is 36.1 Å². The van der Waals surface area contributed by atoms with Crippen LogP contribution in [-0.2, 0) is 11.8 Å². The molecule has 0 bridgehead atoms. The van der Waals surface area contributed by atoms with Crippen LogP contribution in [0.4, 0.5) is 30.8 Å². The number of aliphatic hydroxyl groups is 1. The normalized spacial score (nSPS) is 15.1. The Balaban J connectivity index is 1.70. The van der Waals surface area contributed by atoms with Crippen molar-refractivity contribution < 1.29 is 18.3 Å². The summed E-state index contributed by atoms with van der Waals surface area (Å²) in [5.41, 5.74) is -0.861. The molecule has 0 atom stereocenters. The van der Waals surface area contributed by atoms with Gasteiger partial charge in [0.15, 0.2) is 5.82 Å². The number of nitrogens with zero attached hydrogens (tertiary/aromatic N) is 5. The summed E-state index contributed by atoms with van der Waals surface area (Å²) in [5, 5.41) is 16.3. The van der Waals surface area contributed by atoms with E-state index < -0.39 is 17.5 Å². The topological polar surface area (TPSA) is 109 Å². The van der Waals surface area contributed by atoms with E-state index in [1.807, 2.05) is 13.8 Å². The van der Waals surface area contributed by atoms with Crippen LogP contribution in [0.25, 0.3) is 11.5 Å². The van der Waals surface area contributed by atoms with Crippen molar-refractivity contribution in [3.63, 3.8) is 0 Å². The molecule has 0 saturated heterocycles. The molecule has 3 heterocycles. The number of alkyl halides is 3. The first-order valence-corrected chi connectivity index (χ1v) is 9.66. The minimum absolute atomic E-state index is 0.0122. The highest BCUT2D eigenvalue weighted by Crippen LogP contribution is 2.44. The van der Waals surface area contributed by atoms with Crippen LogP contribution < -0.4 is 10.6 Å². The Labute approximate surface area is 176 Å². The van der Waals surface area contributed by atoms with Gasteiger partial charge in [-0.3, -0.25) is 4.98 Å². The van der Waals surface area contributed by atoms with Crippen molar-refractivity contribution in [1.82, 2.24) is 24.9 Å². The summed E-state index contributed by atoms with van der Waals surface area (Å²) >= 11 is 0. The maximum absolute atomic E-state index is 13.1. The Morgan fingerprint density at radius 3 is 2.45 bits per heavy atom. The lowest BCUT2D eigenvalue weighted by Gasteiger charge is -2.13. The maximum Gasteiger partial charge on any atom is 0.433 e. The lowest BCUT2D eigenvalue weighted by molar-refractivity contribution is -0.141. The van der Waals surface area contributed by atoms with Crippen LogP contribution in [0.3, 0.4) is 0 Å². The number of anilines is 3. The van der Waals surface area contributed by atoms with Crippen LogP contribution in [0.15, 0.2) is 36.5 Å². The Morgan fingerprint density at radius 2 is 1.77 bits per heavy atom. The number of hydrogen-bond acceptors (Lipinski definition) is 8. The number of pyridine rings is 2. The van der Waals surface area contributed by atoms with E-state index in [9.17, 15) is 18.3 Å². The Kier molecular flexibility index (Phi) is 5.21. The average molecular weight is 431 g/mol. The fourth-order valence-corrected chi connectivity index (χ4v) is 2.85. The van der Waals surface area contributed by atoms with Gasteiger partial charge in [-0.15, -0.1) is 0 Å². The fourth-order valence-electron chi connectivity index (χ4n) is 2.85. The standard InChI is InChI=1S/C20H20F3N7O/c1-11(2)25-17-28-16(13-4-3-5-14(27-13)20(21,22)23)29-18(30-17)26-12-6-9-24-15(10-12)19(31)7-8-19/h3-6,9-11,31H,7-8H2,1-2H3,(H2,24,25,26,28,29,30). The third kappa shape index (κ3) is 4.88. The molecular formula is C20H20F3N7O. The molecule has 11 heteroatoms. The van der Waals surface area contributed by atoms with Crippen molar-refractivity contribution in [1.29, 1.82) is 0 Å². The monoisotopic (exact) mass is 431 g/mol. The molecule has 0 aliphatic heterocycles. The molecule has 0 radical (unpaired) electrons. The molecule has 0 spiro atoms. The van der Waals surface area contributed by atoms with Gasteiger partial charge in [0.05, 0.1) is 5.69 Å². The van der Waals surface area contributed by atoms with Crippen LogP contribution in [0.2, 0.25) is 0 Å². The van der Waals surface area contributed by atoms with E-state index in [1.165, 1.54) is 12.1 Å². The van der Waals surface area contributed by atoms with Crippen molar-refractivity contribution in [3.05, 3.63) is 47.9 Å². The van der Waals surface area contributed by atoms with Gasteiger partial charge in [0, 0.05) is 17.9 Å². The van der Waals surface area contributed by atoms with E-state index in [2.05, 4.69) is 35.6 Å². The highest BCUT2D eigenvalue weighted by atomic mass is 19.4. The van der Waals surface area contributed by atoms with Gasteiger partial charge in [0.2, 0.25) is 11.9 Å². The summed E-state index contributed by atoms with van der Waals surface area (Å²) in [6.07, 6.45) is -1.75. The first-order chi connectivity index (χ1) is 14.6. The highest BCUT2D eigenvalue weighted by molar-refractivity contribution is 5.59. The number of hydrogen-bond donors (Lipinski definition) is 3. The molecule has 4 rings (SSSR count). The zero-order valence-corrected chi connectivity index (χ0v) is 16.8. The molecule has 8 nitrogen and oxygen atoms in total. The molecule has 1 fully saturated rings. The van der Waals surface area contributed by atoms with Gasteiger partial charge in [-0.2, -0.15) is 28.1 Å². The third-order valence-corrected chi connectivity index (χ3v) is 4.54. The summed E-state index contributed by atoms with van der Waals surface area (Å²) in [6, 6.07) is 6.89. The lowest BCUT2D eigenvalue weighted by Crippen LogP contribution is -2.15. The summed E-state index contributed by atoms with van der Waals surface area (Å²) in [4.78, 5) is 20.6. The number of rotatable bonds is 6. The smallest absolute Gasteiger partial charge is 0.384 e. The van der Waals surface area contributed by atoms with Gasteiger partial charge >= 0.3 is 6.18 Å². The van der Waals surface area contributed by atoms with Gasteiger partial charge in [-0.25, -0.2) is 4.98 Å². The van der Waals surface area contributed by atoms with Crippen molar-refractivity contribution in [3.8, 4) is 11.5 Å². The minimum atomic E-state index is -4.58. The molecule has 31 heavy (non-hydrogen) atoms. The average Bonchev–Trinajstić information content (AvgIpc) is 3.46. The molecule has 162 valence electrons. The van der Waals surface area contributed by atoms with E-state index in [0.29, 0.717) is 24.2 Å². The molecule has 3 N–H and O–H groups in total. The van der Waals surface area contributed by atoms with E-state index >= 15 is 0 Å². The maximum atomic E-state index is 13.1. The molecule has 1 saturated carbocycles. The summed E-state index contributed by atoms with van der Waals surface area (Å²) in [5.74, 6) is 0.297. The van der Waals surface area contributed by atoms with Crippen molar-refractivity contribution in [2.75, 3.05) is 10.6 Å². The van der Waals surface area contributed by atoms with Gasteiger partial charge in [-0.1, -0.05) is 6.07 Å². The largest absolute Gasteiger partial charge is 0.433 e.